The second-order valence-electron chi connectivity index (χ2n) is 10.3. The van der Waals surface area contributed by atoms with Gasteiger partial charge in [-0.2, -0.15) is 0 Å². The largest absolute Gasteiger partial charge is 0.373 e. The third-order valence-electron chi connectivity index (χ3n) is 9.10. The standard InChI is InChI=1S/C26H34O2/c1-25-14-12-20(28-17-18-6-4-3-5-7-18)16-19(25)8-9-21-22-10-11-24(27)26(22,2)15-13-23(21)25/h3-8,20-23H,9-17H2,1-2H3/t20-,21-,22-,23-,25-,26-/m0/s1. The van der Waals surface area contributed by atoms with Crippen molar-refractivity contribution in [1.82, 2.24) is 0 Å². The molecular formula is C26H34O2. The van der Waals surface area contributed by atoms with Crippen LogP contribution in [0.5, 0.6) is 0 Å². The number of hydrogen-bond donors (Lipinski definition) is 0. The van der Waals surface area contributed by atoms with E-state index in [1.165, 1.54) is 31.2 Å². The van der Waals surface area contributed by atoms with Gasteiger partial charge in [-0.3, -0.25) is 4.79 Å². The average Bonchev–Trinajstić information content (AvgIpc) is 3.02. The van der Waals surface area contributed by atoms with Crippen LogP contribution in [0.4, 0.5) is 0 Å². The van der Waals surface area contributed by atoms with Crippen molar-refractivity contribution in [2.75, 3.05) is 0 Å². The fourth-order valence-corrected chi connectivity index (χ4v) is 7.33. The molecule has 4 aliphatic carbocycles. The van der Waals surface area contributed by atoms with Gasteiger partial charge in [0, 0.05) is 11.8 Å². The van der Waals surface area contributed by atoms with Crippen LogP contribution in [0, 0.1) is 28.6 Å². The van der Waals surface area contributed by atoms with Crippen molar-refractivity contribution in [3.8, 4) is 0 Å². The molecule has 0 spiro atoms. The third-order valence-corrected chi connectivity index (χ3v) is 9.10. The molecule has 2 nitrogen and oxygen atoms in total. The van der Waals surface area contributed by atoms with Crippen molar-refractivity contribution in [1.29, 1.82) is 0 Å². The van der Waals surface area contributed by atoms with Crippen molar-refractivity contribution in [2.45, 2.75) is 77.9 Å². The Morgan fingerprint density at radius 2 is 1.75 bits per heavy atom. The first-order chi connectivity index (χ1) is 13.5. The van der Waals surface area contributed by atoms with Gasteiger partial charge in [-0.05, 0) is 73.7 Å². The number of carbonyl (C=O) groups is 1. The maximum absolute atomic E-state index is 12.6. The molecule has 0 bridgehead atoms. The summed E-state index contributed by atoms with van der Waals surface area (Å²) in [5.74, 6) is 2.67. The molecule has 0 aromatic heterocycles. The van der Waals surface area contributed by atoms with Crippen LogP contribution >= 0.6 is 0 Å². The Morgan fingerprint density at radius 3 is 2.57 bits per heavy atom. The van der Waals surface area contributed by atoms with Gasteiger partial charge in [-0.15, -0.1) is 0 Å². The average molecular weight is 379 g/mol. The van der Waals surface area contributed by atoms with Gasteiger partial charge in [0.25, 0.3) is 0 Å². The molecule has 28 heavy (non-hydrogen) atoms. The summed E-state index contributed by atoms with van der Waals surface area (Å²) in [4.78, 5) is 12.6. The van der Waals surface area contributed by atoms with Crippen LogP contribution in [0.3, 0.4) is 0 Å². The van der Waals surface area contributed by atoms with Crippen LogP contribution in [0.2, 0.25) is 0 Å². The highest BCUT2D eigenvalue weighted by atomic mass is 16.5. The quantitative estimate of drug-likeness (QED) is 0.594. The predicted octanol–water partition coefficient (Wildman–Crippen LogP) is 6.10. The van der Waals surface area contributed by atoms with Gasteiger partial charge in [0.05, 0.1) is 12.7 Å². The summed E-state index contributed by atoms with van der Waals surface area (Å²) in [7, 11) is 0. The van der Waals surface area contributed by atoms with E-state index in [-0.39, 0.29) is 5.41 Å². The summed E-state index contributed by atoms with van der Waals surface area (Å²) in [6.07, 6.45) is 12.0. The van der Waals surface area contributed by atoms with Crippen LogP contribution in [-0.4, -0.2) is 11.9 Å². The monoisotopic (exact) mass is 378 g/mol. The normalized spacial score (nSPS) is 42.4. The molecule has 0 saturated heterocycles. The molecule has 0 radical (unpaired) electrons. The number of hydrogen-bond acceptors (Lipinski definition) is 2. The molecule has 0 N–H and O–H groups in total. The Labute approximate surface area is 169 Å². The van der Waals surface area contributed by atoms with E-state index in [0.717, 1.165) is 44.1 Å². The molecule has 3 fully saturated rings. The van der Waals surface area contributed by atoms with Gasteiger partial charge in [0.1, 0.15) is 5.78 Å². The molecule has 6 atom stereocenters. The molecule has 5 rings (SSSR count). The lowest BCUT2D eigenvalue weighted by molar-refractivity contribution is -0.132. The Balaban J connectivity index is 1.31. The minimum atomic E-state index is -0.0150. The van der Waals surface area contributed by atoms with E-state index < -0.39 is 0 Å². The third kappa shape index (κ3) is 2.83. The fourth-order valence-electron chi connectivity index (χ4n) is 7.33. The van der Waals surface area contributed by atoms with E-state index >= 15 is 0 Å². The molecule has 0 amide bonds. The number of fused-ring (bicyclic) bond motifs is 5. The highest BCUT2D eigenvalue weighted by Gasteiger charge is 2.58. The van der Waals surface area contributed by atoms with Gasteiger partial charge in [-0.1, -0.05) is 55.8 Å². The van der Waals surface area contributed by atoms with Gasteiger partial charge in [0.2, 0.25) is 0 Å². The SMILES string of the molecule is C[C@]12CC[C@H](OCc3ccccc3)CC1=CC[C@@H]1[C@@H]2CC[C@]2(C)C(=O)CC[C@@H]12. The zero-order valence-electron chi connectivity index (χ0n) is 17.5. The number of allylic oxidation sites excluding steroid dienone is 1. The van der Waals surface area contributed by atoms with Gasteiger partial charge >= 0.3 is 0 Å². The Kier molecular flexibility index (Phi) is 4.54. The first kappa shape index (κ1) is 18.6. The number of carbonyl (C=O) groups excluding carboxylic acids is 1. The van der Waals surface area contributed by atoms with Crippen molar-refractivity contribution < 1.29 is 9.53 Å². The number of rotatable bonds is 3. The summed E-state index contributed by atoms with van der Waals surface area (Å²) < 4.78 is 6.31. The summed E-state index contributed by atoms with van der Waals surface area (Å²) in [6, 6.07) is 10.5. The Bertz CT molecular complexity index is 781. The molecule has 2 heteroatoms. The Morgan fingerprint density at radius 1 is 1.00 bits per heavy atom. The van der Waals surface area contributed by atoms with Crippen molar-refractivity contribution in [2.24, 2.45) is 28.6 Å². The van der Waals surface area contributed by atoms with Crippen molar-refractivity contribution >= 4 is 5.78 Å². The fraction of sp³-hybridized carbons (Fsp3) is 0.654. The topological polar surface area (TPSA) is 26.3 Å². The molecule has 4 aliphatic rings. The van der Waals surface area contributed by atoms with Gasteiger partial charge in [0.15, 0.2) is 0 Å². The van der Waals surface area contributed by atoms with Crippen LogP contribution in [0.1, 0.15) is 70.8 Å². The van der Waals surface area contributed by atoms with Crippen LogP contribution in [0.25, 0.3) is 0 Å². The Hall–Kier alpha value is -1.41. The number of Topliss-reactive ketones (excluding diaryl/α,β-unsaturated/α-hetero) is 1. The predicted molar refractivity (Wildman–Crippen MR) is 112 cm³/mol. The maximum atomic E-state index is 12.6. The molecule has 150 valence electrons. The smallest absolute Gasteiger partial charge is 0.139 e. The summed E-state index contributed by atoms with van der Waals surface area (Å²) in [5, 5.41) is 0. The molecule has 3 saturated carbocycles. The van der Waals surface area contributed by atoms with Crippen LogP contribution in [0.15, 0.2) is 42.0 Å². The zero-order chi connectivity index (χ0) is 19.4. The molecule has 1 aromatic carbocycles. The first-order valence-electron chi connectivity index (χ1n) is 11.4. The minimum Gasteiger partial charge on any atom is -0.373 e. The molecule has 1 aromatic rings. The van der Waals surface area contributed by atoms with E-state index in [1.807, 2.05) is 0 Å². The van der Waals surface area contributed by atoms with Gasteiger partial charge in [-0.25, -0.2) is 0 Å². The highest BCUT2D eigenvalue weighted by molar-refractivity contribution is 5.87. The van der Waals surface area contributed by atoms with E-state index in [0.29, 0.717) is 23.2 Å². The number of ether oxygens (including phenoxy) is 1. The highest BCUT2D eigenvalue weighted by Crippen LogP contribution is 2.64. The van der Waals surface area contributed by atoms with Crippen LogP contribution in [-0.2, 0) is 16.1 Å². The van der Waals surface area contributed by atoms with E-state index in [1.54, 1.807) is 5.57 Å². The van der Waals surface area contributed by atoms with E-state index in [2.05, 4.69) is 50.3 Å². The van der Waals surface area contributed by atoms with E-state index in [9.17, 15) is 4.79 Å². The number of benzene rings is 1. The summed E-state index contributed by atoms with van der Waals surface area (Å²) >= 11 is 0. The second kappa shape index (κ2) is 6.83. The molecule has 0 aliphatic heterocycles. The first-order valence-corrected chi connectivity index (χ1v) is 11.4. The van der Waals surface area contributed by atoms with E-state index in [4.69, 9.17) is 4.74 Å². The van der Waals surface area contributed by atoms with Crippen LogP contribution < -0.4 is 0 Å². The molecule has 0 unspecified atom stereocenters. The zero-order valence-corrected chi connectivity index (χ0v) is 17.5. The molecule has 0 heterocycles. The molecular weight excluding hydrogens is 344 g/mol. The minimum absolute atomic E-state index is 0.0150. The van der Waals surface area contributed by atoms with Crippen molar-refractivity contribution in [3.63, 3.8) is 0 Å². The summed E-state index contributed by atoms with van der Waals surface area (Å²) in [6.45, 7) is 5.53. The summed E-state index contributed by atoms with van der Waals surface area (Å²) in [5.41, 5.74) is 3.25. The van der Waals surface area contributed by atoms with Gasteiger partial charge < -0.3 is 4.74 Å². The lowest BCUT2D eigenvalue weighted by Gasteiger charge is -2.57. The lowest BCUT2D eigenvalue weighted by atomic mass is 9.48. The van der Waals surface area contributed by atoms with Crippen molar-refractivity contribution in [3.05, 3.63) is 47.5 Å². The maximum Gasteiger partial charge on any atom is 0.139 e. The lowest BCUT2D eigenvalue weighted by Crippen LogP contribution is -2.50. The number of ketones is 1. The second-order valence-corrected chi connectivity index (χ2v) is 10.3.